The molecule has 94 valence electrons. The topological polar surface area (TPSA) is 85.5 Å². The molecule has 1 aromatic carbocycles. The van der Waals surface area contributed by atoms with Crippen molar-refractivity contribution >= 4 is 23.0 Å². The van der Waals surface area contributed by atoms with Crippen LogP contribution in [0.3, 0.4) is 0 Å². The van der Waals surface area contributed by atoms with E-state index in [1.807, 2.05) is 6.07 Å². The lowest BCUT2D eigenvalue weighted by Gasteiger charge is -1.99. The molecule has 18 heavy (non-hydrogen) atoms. The standard InChI is InChI=1S/C11H11N3O4/c1-16-10(15)4-12-11-13-6-2-8-9(18-5-17-8)3-7(6)14-11/h2-3H,4-5H2,1H3,(H2,12,13,14). The Kier molecular flexibility index (Phi) is 2.44. The van der Waals surface area contributed by atoms with E-state index >= 15 is 0 Å². The molecule has 2 N–H and O–H groups in total. The van der Waals surface area contributed by atoms with E-state index in [9.17, 15) is 4.79 Å². The number of fused-ring (bicyclic) bond motifs is 2. The molecule has 0 aliphatic carbocycles. The minimum atomic E-state index is -0.357. The van der Waals surface area contributed by atoms with Gasteiger partial charge in [0, 0.05) is 12.1 Å². The molecule has 2 heterocycles. The van der Waals surface area contributed by atoms with Gasteiger partial charge in [0.2, 0.25) is 12.7 Å². The second-order valence-corrected chi connectivity index (χ2v) is 3.74. The van der Waals surface area contributed by atoms with Gasteiger partial charge in [0.1, 0.15) is 6.54 Å². The molecule has 3 rings (SSSR count). The van der Waals surface area contributed by atoms with Gasteiger partial charge < -0.3 is 24.5 Å². The summed E-state index contributed by atoms with van der Waals surface area (Å²) in [5.74, 6) is 1.50. The van der Waals surface area contributed by atoms with Crippen LogP contribution in [-0.2, 0) is 9.53 Å². The van der Waals surface area contributed by atoms with E-state index in [1.54, 1.807) is 6.07 Å². The Hall–Kier alpha value is -2.44. The number of ether oxygens (including phenoxy) is 3. The highest BCUT2D eigenvalue weighted by Crippen LogP contribution is 2.35. The Labute approximate surface area is 102 Å². The zero-order chi connectivity index (χ0) is 12.5. The van der Waals surface area contributed by atoms with Crippen molar-refractivity contribution in [2.24, 2.45) is 0 Å². The van der Waals surface area contributed by atoms with E-state index in [0.717, 1.165) is 11.0 Å². The van der Waals surface area contributed by atoms with Crippen molar-refractivity contribution in [2.45, 2.75) is 0 Å². The van der Waals surface area contributed by atoms with Gasteiger partial charge in [-0.2, -0.15) is 0 Å². The number of carbonyl (C=O) groups is 1. The number of esters is 1. The lowest BCUT2D eigenvalue weighted by atomic mass is 10.3. The second kappa shape index (κ2) is 4.10. The van der Waals surface area contributed by atoms with Crippen LogP contribution in [0.5, 0.6) is 11.5 Å². The number of H-pyrrole nitrogens is 1. The Morgan fingerprint density at radius 1 is 1.50 bits per heavy atom. The van der Waals surface area contributed by atoms with Crippen LogP contribution in [0.2, 0.25) is 0 Å². The summed E-state index contributed by atoms with van der Waals surface area (Å²) in [4.78, 5) is 18.3. The number of hydrogen-bond donors (Lipinski definition) is 2. The fraction of sp³-hybridized carbons (Fsp3) is 0.273. The Morgan fingerprint density at radius 2 is 2.28 bits per heavy atom. The first-order valence-corrected chi connectivity index (χ1v) is 5.36. The van der Waals surface area contributed by atoms with E-state index in [1.165, 1.54) is 7.11 Å². The van der Waals surface area contributed by atoms with Gasteiger partial charge in [0.05, 0.1) is 18.1 Å². The summed E-state index contributed by atoms with van der Waals surface area (Å²) in [6.07, 6.45) is 0. The van der Waals surface area contributed by atoms with Gasteiger partial charge in [0.25, 0.3) is 0 Å². The lowest BCUT2D eigenvalue weighted by Crippen LogP contribution is -2.15. The summed E-state index contributed by atoms with van der Waals surface area (Å²) in [6, 6.07) is 3.60. The molecule has 0 saturated heterocycles. The monoisotopic (exact) mass is 249 g/mol. The smallest absolute Gasteiger partial charge is 0.325 e. The molecular formula is C11H11N3O4. The number of methoxy groups -OCH3 is 1. The van der Waals surface area contributed by atoms with Crippen LogP contribution < -0.4 is 14.8 Å². The average molecular weight is 249 g/mol. The van der Waals surface area contributed by atoms with Crippen molar-refractivity contribution < 1.29 is 19.0 Å². The van der Waals surface area contributed by atoms with Gasteiger partial charge in [-0.25, -0.2) is 4.98 Å². The van der Waals surface area contributed by atoms with Crippen molar-refractivity contribution in [3.63, 3.8) is 0 Å². The summed E-state index contributed by atoms with van der Waals surface area (Å²) in [7, 11) is 1.34. The van der Waals surface area contributed by atoms with Crippen LogP contribution in [0.15, 0.2) is 12.1 Å². The SMILES string of the molecule is COC(=O)CNc1nc2cc3c(cc2[nH]1)OCO3. The number of imidazole rings is 1. The maximum Gasteiger partial charge on any atom is 0.325 e. The summed E-state index contributed by atoms with van der Waals surface area (Å²) in [6.45, 7) is 0.290. The van der Waals surface area contributed by atoms with Crippen LogP contribution in [0.1, 0.15) is 0 Å². The van der Waals surface area contributed by atoms with Crippen molar-refractivity contribution in [1.82, 2.24) is 9.97 Å². The number of aromatic nitrogens is 2. The first kappa shape index (κ1) is 10.7. The minimum absolute atomic E-state index is 0.0586. The molecule has 0 amide bonds. The van der Waals surface area contributed by atoms with E-state index < -0.39 is 0 Å². The number of benzene rings is 1. The summed E-state index contributed by atoms with van der Waals surface area (Å²) < 4.78 is 15.1. The van der Waals surface area contributed by atoms with Crippen LogP contribution in [-0.4, -0.2) is 36.4 Å². The number of rotatable bonds is 3. The van der Waals surface area contributed by atoms with E-state index in [2.05, 4.69) is 20.0 Å². The van der Waals surface area contributed by atoms with Gasteiger partial charge in [-0.15, -0.1) is 0 Å². The molecule has 7 nitrogen and oxygen atoms in total. The van der Waals surface area contributed by atoms with Gasteiger partial charge in [-0.05, 0) is 0 Å². The molecule has 0 unspecified atom stereocenters. The number of anilines is 1. The molecule has 0 atom stereocenters. The average Bonchev–Trinajstić information content (AvgIpc) is 2.97. The third kappa shape index (κ3) is 1.79. The largest absolute Gasteiger partial charge is 0.468 e. The van der Waals surface area contributed by atoms with Gasteiger partial charge >= 0.3 is 5.97 Å². The highest BCUT2D eigenvalue weighted by Gasteiger charge is 2.16. The molecular weight excluding hydrogens is 238 g/mol. The third-order valence-corrected chi connectivity index (χ3v) is 2.60. The molecule has 2 aromatic rings. The maximum atomic E-state index is 11.0. The summed E-state index contributed by atoms with van der Waals surface area (Å²) >= 11 is 0. The van der Waals surface area contributed by atoms with Gasteiger partial charge in [0.15, 0.2) is 11.5 Å². The van der Waals surface area contributed by atoms with Gasteiger partial charge in [-0.3, -0.25) is 4.79 Å². The highest BCUT2D eigenvalue weighted by molar-refractivity contribution is 5.82. The number of aromatic amines is 1. The number of carbonyl (C=O) groups excluding carboxylic acids is 1. The molecule has 1 aromatic heterocycles. The predicted octanol–water partition coefficient (Wildman–Crippen LogP) is 0.876. The summed E-state index contributed by atoms with van der Waals surface area (Å²) in [5, 5.41) is 2.84. The first-order valence-electron chi connectivity index (χ1n) is 5.36. The Balaban J connectivity index is 1.85. The number of nitrogens with one attached hydrogen (secondary N) is 2. The molecule has 0 fully saturated rings. The molecule has 0 saturated carbocycles. The fourth-order valence-corrected chi connectivity index (χ4v) is 1.71. The molecule has 0 bridgehead atoms. The highest BCUT2D eigenvalue weighted by atomic mass is 16.7. The van der Waals surface area contributed by atoms with E-state index in [4.69, 9.17) is 9.47 Å². The molecule has 0 radical (unpaired) electrons. The molecule has 0 spiro atoms. The lowest BCUT2D eigenvalue weighted by molar-refractivity contribution is -0.138. The first-order chi connectivity index (χ1) is 8.76. The zero-order valence-electron chi connectivity index (χ0n) is 9.65. The minimum Gasteiger partial charge on any atom is -0.468 e. The third-order valence-electron chi connectivity index (χ3n) is 2.60. The van der Waals surface area contributed by atoms with Crippen LogP contribution in [0, 0.1) is 0 Å². The second-order valence-electron chi connectivity index (χ2n) is 3.74. The van der Waals surface area contributed by atoms with Crippen molar-refractivity contribution in [1.29, 1.82) is 0 Å². The van der Waals surface area contributed by atoms with Crippen LogP contribution in [0.4, 0.5) is 5.95 Å². The molecule has 7 heteroatoms. The molecule has 1 aliphatic rings. The van der Waals surface area contributed by atoms with E-state index in [-0.39, 0.29) is 19.3 Å². The van der Waals surface area contributed by atoms with E-state index in [0.29, 0.717) is 17.4 Å². The maximum absolute atomic E-state index is 11.0. The van der Waals surface area contributed by atoms with Crippen LogP contribution in [0.25, 0.3) is 11.0 Å². The normalized spacial score (nSPS) is 12.7. The number of hydrogen-bond acceptors (Lipinski definition) is 6. The zero-order valence-corrected chi connectivity index (χ0v) is 9.65. The van der Waals surface area contributed by atoms with Crippen molar-refractivity contribution in [3.05, 3.63) is 12.1 Å². The quantitative estimate of drug-likeness (QED) is 0.785. The summed E-state index contributed by atoms with van der Waals surface area (Å²) in [5.41, 5.74) is 1.55. The van der Waals surface area contributed by atoms with Gasteiger partial charge in [-0.1, -0.05) is 0 Å². The number of nitrogens with zero attached hydrogens (tertiary/aromatic N) is 1. The van der Waals surface area contributed by atoms with Crippen LogP contribution >= 0.6 is 0 Å². The molecule has 1 aliphatic heterocycles. The van der Waals surface area contributed by atoms with Crippen molar-refractivity contribution in [2.75, 3.05) is 25.8 Å². The predicted molar refractivity (Wildman–Crippen MR) is 62.7 cm³/mol. The fourth-order valence-electron chi connectivity index (χ4n) is 1.71. The van der Waals surface area contributed by atoms with Crippen molar-refractivity contribution in [3.8, 4) is 11.5 Å². The Morgan fingerprint density at radius 3 is 3.06 bits per heavy atom. The Bertz CT molecular complexity index is 567.